The molecule has 0 spiro atoms. The van der Waals surface area contributed by atoms with E-state index in [0.717, 1.165) is 57.9 Å². The van der Waals surface area contributed by atoms with Crippen LogP contribution < -0.4 is 15.4 Å². The number of amides is 2. The highest BCUT2D eigenvalue weighted by Gasteiger charge is 2.39. The number of methoxy groups -OCH3 is 1. The quantitative estimate of drug-likeness (QED) is 0.179. The van der Waals surface area contributed by atoms with Crippen molar-refractivity contribution in [3.8, 4) is 5.75 Å². The molecular formula is C31H44N4O4. The number of carbonyl (C=O) groups excluding carboxylic acids is 2. The van der Waals surface area contributed by atoms with Crippen LogP contribution in [-0.4, -0.2) is 55.7 Å². The molecule has 8 heteroatoms. The van der Waals surface area contributed by atoms with Crippen LogP contribution in [0.4, 0.5) is 4.79 Å². The summed E-state index contributed by atoms with van der Waals surface area (Å²) in [5.74, 6) is 0.508. The van der Waals surface area contributed by atoms with Crippen LogP contribution in [0.3, 0.4) is 0 Å². The van der Waals surface area contributed by atoms with Crippen LogP contribution in [0.15, 0.2) is 54.6 Å². The summed E-state index contributed by atoms with van der Waals surface area (Å²) in [6.07, 6.45) is 7.17. The topological polar surface area (TPSA) is 104 Å². The first-order valence-electron chi connectivity index (χ1n) is 14.2. The van der Waals surface area contributed by atoms with Crippen molar-refractivity contribution in [2.45, 2.75) is 76.7 Å². The zero-order valence-corrected chi connectivity index (χ0v) is 23.6. The molecule has 0 unspecified atom stereocenters. The van der Waals surface area contributed by atoms with E-state index in [2.05, 4.69) is 29.7 Å². The Hall–Kier alpha value is -3.55. The minimum absolute atomic E-state index is 0.103. The highest BCUT2D eigenvalue weighted by molar-refractivity contribution is 5.97. The summed E-state index contributed by atoms with van der Waals surface area (Å²) in [5, 5.41) is 14.5. The number of para-hydroxylation sites is 1. The Morgan fingerprint density at radius 1 is 1.00 bits per heavy atom. The second-order valence-corrected chi connectivity index (χ2v) is 10.2. The molecule has 3 N–H and O–H groups in total. The Kier molecular flexibility index (Phi) is 11.6. The Morgan fingerprint density at radius 2 is 1.69 bits per heavy atom. The van der Waals surface area contributed by atoms with Gasteiger partial charge >= 0.3 is 6.09 Å². The number of benzene rings is 2. The van der Waals surface area contributed by atoms with Crippen LogP contribution >= 0.6 is 0 Å². The summed E-state index contributed by atoms with van der Waals surface area (Å²) in [6.45, 7) is 5.43. The van der Waals surface area contributed by atoms with Gasteiger partial charge in [0.15, 0.2) is 0 Å². The third-order valence-electron chi connectivity index (χ3n) is 7.71. The zero-order chi connectivity index (χ0) is 28.1. The minimum Gasteiger partial charge on any atom is -0.496 e. The number of rotatable bonds is 12. The van der Waals surface area contributed by atoms with Gasteiger partial charge in [0.25, 0.3) is 5.91 Å². The Bertz CT molecular complexity index is 1070. The normalized spacial score (nSPS) is 18.6. The molecule has 39 heavy (non-hydrogen) atoms. The molecule has 1 aliphatic carbocycles. The molecule has 1 fully saturated rings. The molecule has 0 heterocycles. The number of carbonyl (C=O) groups is 2. The minimum atomic E-state index is -0.588. The van der Waals surface area contributed by atoms with Gasteiger partial charge in [0, 0.05) is 24.5 Å². The third kappa shape index (κ3) is 8.22. The lowest BCUT2D eigenvalue weighted by Gasteiger charge is -2.44. The smallest absolute Gasteiger partial charge is 0.413 e. The molecule has 1 aliphatic rings. The van der Waals surface area contributed by atoms with E-state index in [-0.39, 0.29) is 29.9 Å². The average Bonchev–Trinajstić information content (AvgIpc) is 2.97. The second-order valence-electron chi connectivity index (χ2n) is 10.2. The van der Waals surface area contributed by atoms with Crippen molar-refractivity contribution in [2.75, 3.05) is 26.8 Å². The zero-order valence-electron chi connectivity index (χ0n) is 23.6. The lowest BCUT2D eigenvalue weighted by Crippen LogP contribution is -2.52. The maximum Gasteiger partial charge on any atom is 0.413 e. The predicted octanol–water partition coefficient (Wildman–Crippen LogP) is 5.87. The van der Waals surface area contributed by atoms with Gasteiger partial charge in [-0.15, -0.1) is 0 Å². The number of hydrogen-bond acceptors (Lipinski definition) is 5. The van der Waals surface area contributed by atoms with Crippen molar-refractivity contribution in [2.24, 2.45) is 0 Å². The van der Waals surface area contributed by atoms with Gasteiger partial charge in [0.1, 0.15) is 5.75 Å². The number of unbranched alkanes of at least 4 members (excludes halogenated alkanes) is 3. The van der Waals surface area contributed by atoms with E-state index in [1.54, 1.807) is 26.2 Å². The largest absolute Gasteiger partial charge is 0.496 e. The number of ether oxygens (including phenoxy) is 2. The van der Waals surface area contributed by atoms with Crippen LogP contribution in [0.2, 0.25) is 0 Å². The summed E-state index contributed by atoms with van der Waals surface area (Å²) in [7, 11) is 1.57. The van der Waals surface area contributed by atoms with E-state index in [4.69, 9.17) is 14.9 Å². The number of alkyl carbamates (subject to hydrolysis) is 1. The standard InChI is InChI=1S/C31H44N4O4/c1-4-6-7-13-22-35(29(32)34-30(37)39-5-2)25-18-20-31(21-19-25,24-14-9-8-10-15-24)23-33-28(36)26-16-11-12-17-27(26)38-3/h8-12,14-17,25H,4-7,13,18-23H2,1-3H3,(H,33,36)(H2,32,34,37). The Morgan fingerprint density at radius 3 is 2.36 bits per heavy atom. The maximum absolute atomic E-state index is 13.2. The fraction of sp³-hybridized carbons (Fsp3) is 0.516. The highest BCUT2D eigenvalue weighted by Crippen LogP contribution is 2.40. The van der Waals surface area contributed by atoms with E-state index >= 15 is 0 Å². The molecule has 0 radical (unpaired) electrons. The van der Waals surface area contributed by atoms with E-state index in [1.165, 1.54) is 5.56 Å². The van der Waals surface area contributed by atoms with Gasteiger partial charge in [-0.2, -0.15) is 0 Å². The van der Waals surface area contributed by atoms with Gasteiger partial charge < -0.3 is 19.7 Å². The molecule has 0 aliphatic heterocycles. The second kappa shape index (κ2) is 15.1. The van der Waals surface area contributed by atoms with Crippen molar-refractivity contribution in [3.05, 3.63) is 65.7 Å². The van der Waals surface area contributed by atoms with Crippen molar-refractivity contribution in [1.82, 2.24) is 15.5 Å². The average molecular weight is 537 g/mol. The first-order valence-corrected chi connectivity index (χ1v) is 14.2. The number of hydrogen-bond donors (Lipinski definition) is 3. The van der Waals surface area contributed by atoms with E-state index in [9.17, 15) is 9.59 Å². The van der Waals surface area contributed by atoms with E-state index < -0.39 is 6.09 Å². The lowest BCUT2D eigenvalue weighted by molar-refractivity contribution is 0.0925. The summed E-state index contributed by atoms with van der Waals surface area (Å²) in [4.78, 5) is 27.3. The van der Waals surface area contributed by atoms with E-state index in [1.807, 2.05) is 35.2 Å². The summed E-state index contributed by atoms with van der Waals surface area (Å²) in [5.41, 5.74) is 1.51. The van der Waals surface area contributed by atoms with Crippen molar-refractivity contribution in [1.29, 1.82) is 5.41 Å². The molecule has 0 saturated heterocycles. The van der Waals surface area contributed by atoms with Gasteiger partial charge in [0.2, 0.25) is 5.96 Å². The molecule has 0 bridgehead atoms. The van der Waals surface area contributed by atoms with Crippen molar-refractivity contribution in [3.63, 3.8) is 0 Å². The van der Waals surface area contributed by atoms with Gasteiger partial charge in [-0.05, 0) is 56.7 Å². The van der Waals surface area contributed by atoms with Crippen LogP contribution in [0.5, 0.6) is 5.75 Å². The number of nitrogens with one attached hydrogen (secondary N) is 3. The van der Waals surface area contributed by atoms with E-state index in [0.29, 0.717) is 17.9 Å². The lowest BCUT2D eigenvalue weighted by atomic mass is 9.67. The first kappa shape index (κ1) is 30.0. The van der Waals surface area contributed by atoms with Gasteiger partial charge in [0.05, 0.1) is 19.3 Å². The molecule has 2 amide bonds. The fourth-order valence-electron chi connectivity index (χ4n) is 5.52. The van der Waals surface area contributed by atoms with Crippen LogP contribution in [0.1, 0.15) is 81.1 Å². The number of guanidine groups is 1. The van der Waals surface area contributed by atoms with Crippen molar-refractivity contribution >= 4 is 18.0 Å². The third-order valence-corrected chi connectivity index (χ3v) is 7.71. The SMILES string of the molecule is CCCCCCN(C(=N)NC(=O)OCC)C1CCC(CNC(=O)c2ccccc2OC)(c2ccccc2)CC1. The van der Waals surface area contributed by atoms with Gasteiger partial charge in [-0.1, -0.05) is 68.7 Å². The Labute approximate surface area is 233 Å². The van der Waals surface area contributed by atoms with Gasteiger partial charge in [-0.25, -0.2) is 4.79 Å². The van der Waals surface area contributed by atoms with Gasteiger partial charge in [-0.3, -0.25) is 15.5 Å². The summed E-state index contributed by atoms with van der Waals surface area (Å²) in [6, 6.07) is 17.8. The molecule has 2 aromatic rings. The van der Waals surface area contributed by atoms with Crippen LogP contribution in [0, 0.1) is 5.41 Å². The molecule has 8 nitrogen and oxygen atoms in total. The number of nitrogens with zero attached hydrogens (tertiary/aromatic N) is 1. The summed E-state index contributed by atoms with van der Waals surface area (Å²) >= 11 is 0. The summed E-state index contributed by atoms with van der Waals surface area (Å²) < 4.78 is 10.4. The molecular weight excluding hydrogens is 492 g/mol. The molecule has 0 atom stereocenters. The van der Waals surface area contributed by atoms with Crippen LogP contribution in [-0.2, 0) is 10.2 Å². The molecule has 3 rings (SSSR count). The Balaban J connectivity index is 1.75. The maximum atomic E-state index is 13.2. The van der Waals surface area contributed by atoms with Crippen molar-refractivity contribution < 1.29 is 19.1 Å². The molecule has 212 valence electrons. The van der Waals surface area contributed by atoms with Crippen LogP contribution in [0.25, 0.3) is 0 Å². The highest BCUT2D eigenvalue weighted by atomic mass is 16.5. The molecule has 1 saturated carbocycles. The fourth-order valence-corrected chi connectivity index (χ4v) is 5.52. The first-order chi connectivity index (χ1) is 18.9. The monoisotopic (exact) mass is 536 g/mol. The molecule has 2 aromatic carbocycles. The molecule has 0 aromatic heterocycles. The predicted molar refractivity (Wildman–Crippen MR) is 154 cm³/mol.